The second kappa shape index (κ2) is 12.5. The molecule has 1 aliphatic carbocycles. The number of carbonyl (C=O) groups excluding carboxylic acids is 2. The van der Waals surface area contributed by atoms with Crippen molar-refractivity contribution in [2.45, 2.75) is 58.9 Å². The van der Waals surface area contributed by atoms with Crippen molar-refractivity contribution < 1.29 is 19.1 Å². The second-order valence-electron chi connectivity index (χ2n) is 7.31. The molecule has 2 aliphatic rings. The molecule has 148 valence electrons. The van der Waals surface area contributed by atoms with Crippen LogP contribution in [-0.2, 0) is 14.3 Å². The van der Waals surface area contributed by atoms with Crippen LogP contribution in [-0.4, -0.2) is 55.9 Å². The Labute approximate surface area is 157 Å². The number of nitrogens with one attached hydrogen (secondary N) is 1. The average Bonchev–Trinajstić information content (AvgIpc) is 2.65. The molecule has 2 amide bonds. The summed E-state index contributed by atoms with van der Waals surface area (Å²) in [5.41, 5.74) is 0. The molecule has 0 aromatic rings. The molecule has 1 saturated heterocycles. The lowest BCUT2D eigenvalue weighted by atomic mass is 9.91. The lowest BCUT2D eigenvalue weighted by Crippen LogP contribution is -2.44. The maximum Gasteiger partial charge on any atom is 0.408 e. The van der Waals surface area contributed by atoms with Crippen LogP contribution in [0, 0.1) is 23.2 Å². The summed E-state index contributed by atoms with van der Waals surface area (Å²) < 4.78 is 9.93. The van der Waals surface area contributed by atoms with Gasteiger partial charge in [0, 0.05) is 13.1 Å². The van der Waals surface area contributed by atoms with Crippen LogP contribution in [0.1, 0.15) is 52.9 Å². The number of rotatable bonds is 4. The van der Waals surface area contributed by atoms with Gasteiger partial charge in [0.25, 0.3) is 5.91 Å². The van der Waals surface area contributed by atoms with Gasteiger partial charge in [-0.2, -0.15) is 5.26 Å². The fourth-order valence-corrected chi connectivity index (χ4v) is 2.85. The molecule has 1 heterocycles. The van der Waals surface area contributed by atoms with Crippen molar-refractivity contribution in [3.05, 3.63) is 0 Å². The Kier molecular flexibility index (Phi) is 10.7. The molecule has 7 heteroatoms. The molecule has 1 unspecified atom stereocenters. The molecular weight excluding hydrogens is 334 g/mol. The van der Waals surface area contributed by atoms with E-state index in [9.17, 15) is 9.59 Å². The van der Waals surface area contributed by atoms with Gasteiger partial charge >= 0.3 is 6.09 Å². The zero-order valence-electron chi connectivity index (χ0n) is 16.3. The summed E-state index contributed by atoms with van der Waals surface area (Å²) in [6, 6.07) is 1.34. The number of hydrogen-bond acceptors (Lipinski definition) is 5. The highest BCUT2D eigenvalue weighted by atomic mass is 16.6. The monoisotopic (exact) mass is 367 g/mol. The summed E-state index contributed by atoms with van der Waals surface area (Å²) in [6.07, 6.45) is 6.69. The molecule has 0 aromatic heterocycles. The van der Waals surface area contributed by atoms with E-state index in [1.807, 2.05) is 19.9 Å². The Balaban J connectivity index is 0.000000401. The largest absolute Gasteiger partial charge is 0.439 e. The van der Waals surface area contributed by atoms with Crippen molar-refractivity contribution in [1.29, 1.82) is 5.26 Å². The van der Waals surface area contributed by atoms with Gasteiger partial charge < -0.3 is 19.7 Å². The van der Waals surface area contributed by atoms with Gasteiger partial charge in [-0.1, -0.05) is 52.9 Å². The maximum absolute atomic E-state index is 11.7. The van der Waals surface area contributed by atoms with Crippen LogP contribution in [0.15, 0.2) is 0 Å². The van der Waals surface area contributed by atoms with E-state index in [1.165, 1.54) is 32.1 Å². The Morgan fingerprint density at radius 1 is 1.23 bits per heavy atom. The average molecular weight is 367 g/mol. The number of morpholine rings is 1. The van der Waals surface area contributed by atoms with Crippen LogP contribution in [0.2, 0.25) is 0 Å². The Bertz CT molecular complexity index is 464. The summed E-state index contributed by atoms with van der Waals surface area (Å²) in [4.78, 5) is 24.7. The molecule has 0 aromatic carbocycles. The minimum Gasteiger partial charge on any atom is -0.439 e. The van der Waals surface area contributed by atoms with Gasteiger partial charge in [0.1, 0.15) is 6.04 Å². The van der Waals surface area contributed by atoms with Crippen LogP contribution < -0.4 is 5.32 Å². The van der Waals surface area contributed by atoms with E-state index in [0.29, 0.717) is 26.3 Å². The van der Waals surface area contributed by atoms with E-state index in [-0.39, 0.29) is 18.4 Å². The maximum atomic E-state index is 11.7. The summed E-state index contributed by atoms with van der Waals surface area (Å²) in [5.74, 6) is 0.762. The molecule has 1 atom stereocenters. The SMILES string of the molecule is CC(C)C(C#N)NC(=O)OCC(=O)N1CCOCC1.CC1CCCCC1. The van der Waals surface area contributed by atoms with Gasteiger partial charge in [0.15, 0.2) is 6.61 Å². The fraction of sp³-hybridized carbons (Fsp3) is 0.842. The van der Waals surface area contributed by atoms with Gasteiger partial charge in [0.2, 0.25) is 0 Å². The molecule has 0 spiro atoms. The first-order chi connectivity index (χ1) is 12.4. The van der Waals surface area contributed by atoms with Gasteiger partial charge in [-0.25, -0.2) is 4.79 Å². The zero-order chi connectivity index (χ0) is 19.4. The first-order valence-corrected chi connectivity index (χ1v) is 9.62. The molecule has 1 aliphatic heterocycles. The molecule has 0 radical (unpaired) electrons. The fourth-order valence-electron chi connectivity index (χ4n) is 2.85. The van der Waals surface area contributed by atoms with Gasteiger partial charge in [-0.15, -0.1) is 0 Å². The Morgan fingerprint density at radius 3 is 2.31 bits per heavy atom. The number of nitriles is 1. The van der Waals surface area contributed by atoms with E-state index in [1.54, 1.807) is 4.90 Å². The normalized spacial score (nSPS) is 19.0. The molecule has 2 fully saturated rings. The first-order valence-electron chi connectivity index (χ1n) is 9.62. The van der Waals surface area contributed by atoms with Crippen LogP contribution in [0.3, 0.4) is 0 Å². The van der Waals surface area contributed by atoms with Crippen LogP contribution in [0.4, 0.5) is 4.79 Å². The Hall–Kier alpha value is -1.81. The van der Waals surface area contributed by atoms with E-state index in [0.717, 1.165) is 5.92 Å². The topological polar surface area (TPSA) is 91.7 Å². The number of nitrogens with zero attached hydrogens (tertiary/aromatic N) is 2. The van der Waals surface area contributed by atoms with Gasteiger partial charge in [0.05, 0.1) is 19.3 Å². The zero-order valence-corrected chi connectivity index (χ0v) is 16.3. The molecule has 7 nitrogen and oxygen atoms in total. The van der Waals surface area contributed by atoms with Crippen LogP contribution >= 0.6 is 0 Å². The quantitative estimate of drug-likeness (QED) is 0.825. The number of hydrogen-bond donors (Lipinski definition) is 1. The number of amides is 2. The molecule has 1 saturated carbocycles. The summed E-state index contributed by atoms with van der Waals surface area (Å²) >= 11 is 0. The van der Waals surface area contributed by atoms with Crippen molar-refractivity contribution >= 4 is 12.0 Å². The highest BCUT2D eigenvalue weighted by molar-refractivity contribution is 5.80. The molecule has 0 bridgehead atoms. The van der Waals surface area contributed by atoms with E-state index < -0.39 is 12.1 Å². The lowest BCUT2D eigenvalue weighted by molar-refractivity contribution is -0.138. The van der Waals surface area contributed by atoms with Gasteiger partial charge in [-0.3, -0.25) is 4.79 Å². The van der Waals surface area contributed by atoms with Crippen LogP contribution in [0.5, 0.6) is 0 Å². The highest BCUT2D eigenvalue weighted by Crippen LogP contribution is 2.22. The van der Waals surface area contributed by atoms with Gasteiger partial charge in [-0.05, 0) is 11.8 Å². The third kappa shape index (κ3) is 9.04. The van der Waals surface area contributed by atoms with Crippen molar-refractivity contribution in [3.8, 4) is 6.07 Å². The van der Waals surface area contributed by atoms with Crippen molar-refractivity contribution in [2.24, 2.45) is 11.8 Å². The van der Waals surface area contributed by atoms with Crippen molar-refractivity contribution in [3.63, 3.8) is 0 Å². The third-order valence-electron chi connectivity index (χ3n) is 4.66. The summed E-state index contributed by atoms with van der Waals surface area (Å²) in [7, 11) is 0. The second-order valence-corrected chi connectivity index (χ2v) is 7.31. The smallest absolute Gasteiger partial charge is 0.408 e. The minimum absolute atomic E-state index is 0.0208. The van der Waals surface area contributed by atoms with E-state index in [4.69, 9.17) is 14.7 Å². The third-order valence-corrected chi connectivity index (χ3v) is 4.66. The minimum atomic E-state index is -0.748. The number of ether oxygens (including phenoxy) is 2. The summed E-state index contributed by atoms with van der Waals surface area (Å²) in [6.45, 7) is 7.69. The molecular formula is C19H33N3O4. The molecule has 1 N–H and O–H groups in total. The highest BCUT2D eigenvalue weighted by Gasteiger charge is 2.20. The Morgan fingerprint density at radius 2 is 1.85 bits per heavy atom. The standard InChI is InChI=1S/C12H19N3O4.C7H14/c1-9(2)10(7-13)14-12(17)19-8-11(16)15-3-5-18-6-4-15;1-7-5-3-2-4-6-7/h9-10H,3-6,8H2,1-2H3,(H,14,17);7H,2-6H2,1H3. The number of alkyl carbamates (subject to hydrolysis) is 1. The first kappa shape index (κ1) is 22.2. The number of carbonyl (C=O) groups is 2. The molecule has 2 rings (SSSR count). The predicted octanol–water partition coefficient (Wildman–Crippen LogP) is 2.71. The van der Waals surface area contributed by atoms with Crippen molar-refractivity contribution in [2.75, 3.05) is 32.9 Å². The van der Waals surface area contributed by atoms with E-state index >= 15 is 0 Å². The lowest BCUT2D eigenvalue weighted by Gasteiger charge is -2.26. The van der Waals surface area contributed by atoms with E-state index in [2.05, 4.69) is 12.2 Å². The predicted molar refractivity (Wildman–Crippen MR) is 98.4 cm³/mol. The van der Waals surface area contributed by atoms with Crippen LogP contribution in [0.25, 0.3) is 0 Å². The molecule has 26 heavy (non-hydrogen) atoms. The summed E-state index contributed by atoms with van der Waals surface area (Å²) in [5, 5.41) is 11.2. The van der Waals surface area contributed by atoms with Crippen molar-refractivity contribution in [1.82, 2.24) is 10.2 Å².